The van der Waals surface area contributed by atoms with Crippen LogP contribution in [-0.2, 0) is 57.6 Å². The van der Waals surface area contributed by atoms with Crippen LogP contribution in [0.4, 0.5) is 0 Å². The van der Waals surface area contributed by atoms with Crippen molar-refractivity contribution in [3.05, 3.63) is 84.1 Å². The molecule has 0 aliphatic heterocycles. The minimum Gasteiger partial charge on any atom is -0.508 e. The first kappa shape index (κ1) is 63.4. The number of aromatic nitrogens is 3. The topological polar surface area (TPSA) is 474 Å². The molecule has 0 unspecified atom stereocenters. The molecule has 0 bridgehead atoms. The van der Waals surface area contributed by atoms with Gasteiger partial charge in [0.25, 0.3) is 0 Å². The molecular weight excluding hydrogens is 1020 g/mol. The minimum atomic E-state index is -1.46. The number of hydrogen-bond donors (Lipinski definition) is 17. The van der Waals surface area contributed by atoms with E-state index in [4.69, 9.17) is 34.4 Å². The molecule has 0 aliphatic carbocycles. The summed E-state index contributed by atoms with van der Waals surface area (Å²) in [7, 11) is 0. The van der Waals surface area contributed by atoms with Crippen LogP contribution in [0.25, 0.3) is 10.9 Å². The van der Waals surface area contributed by atoms with Crippen molar-refractivity contribution in [1.29, 1.82) is 0 Å². The summed E-state index contributed by atoms with van der Waals surface area (Å²) in [4.78, 5) is 124. The first-order chi connectivity index (χ1) is 37.9. The minimum absolute atomic E-state index is 0.0277. The summed E-state index contributed by atoms with van der Waals surface area (Å²) in [5.74, 6) is -7.04. The summed E-state index contributed by atoms with van der Waals surface area (Å²) in [6, 6.07) is 4.02. The zero-order valence-corrected chi connectivity index (χ0v) is 44.3. The Morgan fingerprint density at radius 3 is 1.67 bits per heavy atom. The third-order valence-electron chi connectivity index (χ3n) is 12.8. The molecule has 79 heavy (non-hydrogen) atoms. The van der Waals surface area contributed by atoms with Gasteiger partial charge in [-0.1, -0.05) is 36.8 Å². The number of H-pyrrole nitrogens is 2. The Morgan fingerprint density at radius 1 is 0.582 bits per heavy atom. The van der Waals surface area contributed by atoms with Crippen molar-refractivity contribution < 1.29 is 48.6 Å². The van der Waals surface area contributed by atoms with E-state index in [1.54, 1.807) is 6.20 Å². The highest BCUT2D eigenvalue weighted by Gasteiger charge is 2.34. The summed E-state index contributed by atoms with van der Waals surface area (Å²) in [6.07, 6.45) is 7.51. The van der Waals surface area contributed by atoms with Gasteiger partial charge in [0.2, 0.25) is 41.4 Å². The van der Waals surface area contributed by atoms with E-state index in [-0.39, 0.29) is 69.7 Å². The molecule has 0 saturated carbocycles. The molecule has 23 N–H and O–H groups in total. The molecule has 7 amide bonds. The fourth-order valence-electron chi connectivity index (χ4n) is 8.46. The number of carboxylic acid groups (broad SMARTS) is 1. The van der Waals surface area contributed by atoms with Crippen molar-refractivity contribution in [3.63, 3.8) is 0 Å². The molecular formula is C52H79N17O10. The molecule has 0 aliphatic rings. The maximum Gasteiger partial charge on any atom is 0.326 e. The molecule has 2 heterocycles. The Bertz CT molecular complexity index is 2610. The number of amides is 7. The Balaban J connectivity index is 1.64. The first-order valence-electron chi connectivity index (χ1n) is 26.5. The average molecular weight is 1100 g/mol. The largest absolute Gasteiger partial charge is 0.508 e. The van der Waals surface area contributed by atoms with E-state index in [0.717, 1.165) is 10.9 Å². The fourth-order valence-corrected chi connectivity index (χ4v) is 8.46. The lowest BCUT2D eigenvalue weighted by molar-refractivity contribution is -0.142. The summed E-state index contributed by atoms with van der Waals surface area (Å²) >= 11 is 0. The van der Waals surface area contributed by atoms with E-state index in [1.165, 1.54) is 36.8 Å². The van der Waals surface area contributed by atoms with Crippen LogP contribution in [0, 0.1) is 0 Å². The molecule has 27 heteroatoms. The lowest BCUT2D eigenvalue weighted by Crippen LogP contribution is -2.60. The molecule has 0 saturated heterocycles. The second kappa shape index (κ2) is 33.9. The molecule has 0 radical (unpaired) electrons. The Hall–Kier alpha value is -8.14. The second-order valence-corrected chi connectivity index (χ2v) is 19.1. The Labute approximate surface area is 457 Å². The second-order valence-electron chi connectivity index (χ2n) is 19.1. The van der Waals surface area contributed by atoms with E-state index in [2.05, 4.69) is 57.2 Å². The number of nitrogens with one attached hydrogen (secondary N) is 9. The highest BCUT2D eigenvalue weighted by molar-refractivity contribution is 5.98. The number of nitrogens with two attached hydrogens (primary N) is 6. The van der Waals surface area contributed by atoms with Gasteiger partial charge in [-0.15, -0.1) is 0 Å². The SMILES string of the molecule is NCCCC[C@H](NC(=O)[C@H](Cc1cnc[nH]1)NC(=O)[C@H](Cc1ccc(O)cc1)NC(=O)[C@H](CCCN=C(N)N)NC(=O)[C@H](CCCCN)NC(=O)[C@H](Cc1c[nH]c2ccccc12)NC(=O)CNC(=O)[C@@H](N)CCCCN)C(=O)O. The number of guanidine groups is 1. The highest BCUT2D eigenvalue weighted by Crippen LogP contribution is 2.20. The number of para-hydroxylation sites is 1. The van der Waals surface area contributed by atoms with Gasteiger partial charge in [-0.2, -0.15) is 0 Å². The number of phenolic OH excluding ortho intramolecular Hbond substituents is 1. The fraction of sp³-hybridized carbons (Fsp3) is 0.500. The third-order valence-corrected chi connectivity index (χ3v) is 12.8. The molecule has 7 atom stereocenters. The standard InChI is InChI=1S/C52H79N17O10/c53-20-6-3-11-36(56)45(72)62-29-44(71)64-42(25-32-27-61-37-12-2-1-10-35(32)37)49(76)66-38(13-4-7-21-54)46(73)65-39(15-9-23-60-52(57)58)47(74)68-41(24-31-16-18-34(70)19-17-31)48(75)69-43(26-33-28-59-30-63-33)50(77)67-40(51(78)79)14-5-8-22-55/h1-2,10,12,16-19,27-28,30,36,38-43,61,70H,3-9,11,13-15,20-26,29,53-56H2,(H,59,63)(H,62,72)(H,64,71)(H,65,73)(H,66,76)(H,67,77)(H,68,74)(H,69,75)(H,78,79)(H4,57,58,60)/t36-,38-,39-,40-,41-,42-,43-/m0/s1. The molecule has 4 aromatic rings. The number of carbonyl (C=O) groups is 8. The number of carbonyl (C=O) groups excluding carboxylic acids is 7. The zero-order chi connectivity index (χ0) is 57.7. The molecule has 2 aromatic heterocycles. The number of aliphatic imine (C=N–C) groups is 1. The monoisotopic (exact) mass is 1100 g/mol. The van der Waals surface area contributed by atoms with E-state index >= 15 is 0 Å². The molecule has 27 nitrogen and oxygen atoms in total. The summed E-state index contributed by atoms with van der Waals surface area (Å²) in [5.41, 5.74) is 36.5. The van der Waals surface area contributed by atoms with Crippen LogP contribution < -0.4 is 71.6 Å². The van der Waals surface area contributed by atoms with Gasteiger partial charge in [0.05, 0.1) is 18.9 Å². The molecule has 2 aromatic carbocycles. The number of nitrogens with zero attached hydrogens (tertiary/aromatic N) is 2. The van der Waals surface area contributed by atoms with Gasteiger partial charge in [-0.05, 0) is 113 Å². The number of aromatic amines is 2. The van der Waals surface area contributed by atoms with Crippen molar-refractivity contribution in [2.24, 2.45) is 39.4 Å². The predicted octanol–water partition coefficient (Wildman–Crippen LogP) is -2.50. The van der Waals surface area contributed by atoms with Crippen molar-refractivity contribution in [3.8, 4) is 5.75 Å². The third kappa shape index (κ3) is 22.4. The van der Waals surface area contributed by atoms with Crippen molar-refractivity contribution >= 4 is 64.2 Å². The number of benzene rings is 2. The van der Waals surface area contributed by atoms with Gasteiger partial charge in [-0.3, -0.25) is 38.6 Å². The first-order valence-corrected chi connectivity index (χ1v) is 26.5. The molecule has 4 rings (SSSR count). The number of hydrogen-bond acceptors (Lipinski definition) is 15. The number of imidazole rings is 1. The summed E-state index contributed by atoms with van der Waals surface area (Å²) in [5, 5.41) is 39.4. The number of phenols is 1. The van der Waals surface area contributed by atoms with Crippen LogP contribution in [0.2, 0.25) is 0 Å². The van der Waals surface area contributed by atoms with E-state index in [9.17, 15) is 48.6 Å². The number of unbranched alkanes of at least 4 members (excludes halogenated alkanes) is 3. The lowest BCUT2D eigenvalue weighted by atomic mass is 10.0. The quantitative estimate of drug-likeness (QED) is 0.0126. The van der Waals surface area contributed by atoms with E-state index in [0.29, 0.717) is 74.9 Å². The smallest absolute Gasteiger partial charge is 0.326 e. The summed E-state index contributed by atoms with van der Waals surface area (Å²) < 4.78 is 0. The van der Waals surface area contributed by atoms with Crippen molar-refractivity contribution in [2.45, 2.75) is 132 Å². The number of rotatable bonds is 37. The Kier molecular flexibility index (Phi) is 27.2. The van der Waals surface area contributed by atoms with Crippen LogP contribution in [0.1, 0.15) is 87.4 Å². The van der Waals surface area contributed by atoms with Gasteiger partial charge < -0.3 is 91.8 Å². The average Bonchev–Trinajstić information content (AvgIpc) is 4.13. The van der Waals surface area contributed by atoms with Crippen LogP contribution in [-0.4, -0.2) is 153 Å². The number of carboxylic acids is 1. The van der Waals surface area contributed by atoms with E-state index < -0.39 is 96.2 Å². The molecule has 0 fully saturated rings. The Morgan fingerprint density at radius 2 is 1.10 bits per heavy atom. The number of aromatic hydroxyl groups is 1. The van der Waals surface area contributed by atoms with Crippen molar-refractivity contribution in [1.82, 2.24) is 52.2 Å². The maximum absolute atomic E-state index is 14.6. The number of aliphatic carboxylic acids is 1. The highest BCUT2D eigenvalue weighted by atomic mass is 16.4. The van der Waals surface area contributed by atoms with Crippen LogP contribution in [0.15, 0.2) is 72.2 Å². The lowest BCUT2D eigenvalue weighted by Gasteiger charge is -2.28. The van der Waals surface area contributed by atoms with Gasteiger partial charge >= 0.3 is 5.97 Å². The normalized spacial score (nSPS) is 13.8. The van der Waals surface area contributed by atoms with Crippen LogP contribution in [0.3, 0.4) is 0 Å². The van der Waals surface area contributed by atoms with Crippen molar-refractivity contribution in [2.75, 3.05) is 32.7 Å². The van der Waals surface area contributed by atoms with Crippen LogP contribution >= 0.6 is 0 Å². The van der Waals surface area contributed by atoms with Gasteiger partial charge in [0.1, 0.15) is 42.0 Å². The van der Waals surface area contributed by atoms with Gasteiger partial charge in [0.15, 0.2) is 5.96 Å². The van der Waals surface area contributed by atoms with Crippen LogP contribution in [0.5, 0.6) is 5.75 Å². The molecule has 432 valence electrons. The maximum atomic E-state index is 14.6. The molecule has 0 spiro atoms. The van der Waals surface area contributed by atoms with Gasteiger partial charge in [0, 0.05) is 54.8 Å². The number of fused-ring (bicyclic) bond motifs is 1. The van der Waals surface area contributed by atoms with Gasteiger partial charge in [-0.25, -0.2) is 9.78 Å². The predicted molar refractivity (Wildman–Crippen MR) is 295 cm³/mol. The van der Waals surface area contributed by atoms with E-state index in [1.807, 2.05) is 24.3 Å². The summed E-state index contributed by atoms with van der Waals surface area (Å²) in [6.45, 7) is 0.515. The zero-order valence-electron chi connectivity index (χ0n) is 44.3.